The lowest BCUT2D eigenvalue weighted by molar-refractivity contribution is 0.0925. The van der Waals surface area contributed by atoms with E-state index in [1.165, 1.54) is 0 Å². The summed E-state index contributed by atoms with van der Waals surface area (Å²) in [5, 5.41) is 0. The molecule has 4 heteroatoms. The number of para-hydroxylation sites is 2. The Morgan fingerprint density at radius 3 is 2.14 bits per heavy atom. The molecule has 2 amide bonds. The van der Waals surface area contributed by atoms with Crippen LogP contribution in [0.3, 0.4) is 0 Å². The van der Waals surface area contributed by atoms with Gasteiger partial charge in [-0.05, 0) is 24.3 Å². The quantitative estimate of drug-likeness (QED) is 0.639. The molecule has 1 aliphatic rings. The molecule has 0 N–H and O–H groups in total. The average Bonchev–Trinajstić information content (AvgIpc) is 2.78. The second-order valence-electron chi connectivity index (χ2n) is 4.45. The van der Waals surface area contributed by atoms with E-state index in [1.807, 2.05) is 0 Å². The average molecular weight is 277 g/mol. The molecule has 102 valence electrons. The fourth-order valence-electron chi connectivity index (χ4n) is 2.29. The van der Waals surface area contributed by atoms with Crippen LogP contribution < -0.4 is 9.64 Å². The van der Waals surface area contributed by atoms with Crippen molar-refractivity contribution in [3.8, 4) is 18.1 Å². The van der Waals surface area contributed by atoms with Crippen LogP contribution in [0.2, 0.25) is 0 Å². The zero-order valence-corrected chi connectivity index (χ0v) is 11.1. The number of rotatable bonds is 3. The summed E-state index contributed by atoms with van der Waals surface area (Å²) in [6, 6.07) is 13.6. The van der Waals surface area contributed by atoms with Crippen molar-refractivity contribution < 1.29 is 14.3 Å². The van der Waals surface area contributed by atoms with Gasteiger partial charge in [-0.25, -0.2) is 4.90 Å². The maximum Gasteiger partial charge on any atom is 0.266 e. The van der Waals surface area contributed by atoms with E-state index in [9.17, 15) is 9.59 Å². The lowest BCUT2D eigenvalue weighted by Crippen LogP contribution is -2.29. The summed E-state index contributed by atoms with van der Waals surface area (Å²) in [6.45, 7) is 0.0696. The van der Waals surface area contributed by atoms with Gasteiger partial charge in [0.25, 0.3) is 11.8 Å². The summed E-state index contributed by atoms with van der Waals surface area (Å²) in [7, 11) is 0. The maximum atomic E-state index is 12.4. The number of carbonyl (C=O) groups excluding carboxylic acids is 2. The van der Waals surface area contributed by atoms with Crippen molar-refractivity contribution in [1.82, 2.24) is 0 Å². The topological polar surface area (TPSA) is 46.6 Å². The third-order valence-corrected chi connectivity index (χ3v) is 3.21. The van der Waals surface area contributed by atoms with Crippen molar-refractivity contribution in [3.05, 3.63) is 59.7 Å². The van der Waals surface area contributed by atoms with Gasteiger partial charge in [-0.2, -0.15) is 0 Å². The molecule has 1 heterocycles. The Morgan fingerprint density at radius 2 is 1.52 bits per heavy atom. The maximum absolute atomic E-state index is 12.4. The van der Waals surface area contributed by atoms with Gasteiger partial charge in [-0.15, -0.1) is 6.42 Å². The molecule has 0 aliphatic carbocycles. The van der Waals surface area contributed by atoms with E-state index >= 15 is 0 Å². The second-order valence-corrected chi connectivity index (χ2v) is 4.45. The van der Waals surface area contributed by atoms with Crippen molar-refractivity contribution in [1.29, 1.82) is 0 Å². The fraction of sp³-hybridized carbons (Fsp3) is 0.0588. The summed E-state index contributed by atoms with van der Waals surface area (Å²) < 4.78 is 5.41. The summed E-state index contributed by atoms with van der Waals surface area (Å²) in [5.41, 5.74) is 1.20. The summed E-state index contributed by atoms with van der Waals surface area (Å²) in [5.74, 6) is 2.06. The Balaban J connectivity index is 2.06. The van der Waals surface area contributed by atoms with Crippen molar-refractivity contribution >= 4 is 17.5 Å². The van der Waals surface area contributed by atoms with Crippen LogP contribution in [-0.4, -0.2) is 18.4 Å². The summed E-state index contributed by atoms with van der Waals surface area (Å²) >= 11 is 0. The Bertz CT molecular complexity index is 739. The number of terminal acetylenes is 1. The van der Waals surface area contributed by atoms with Crippen LogP contribution in [0.5, 0.6) is 5.75 Å². The zero-order valence-electron chi connectivity index (χ0n) is 11.1. The molecule has 4 nitrogen and oxygen atoms in total. The second kappa shape index (κ2) is 5.14. The molecule has 21 heavy (non-hydrogen) atoms. The predicted molar refractivity (Wildman–Crippen MR) is 78.4 cm³/mol. The van der Waals surface area contributed by atoms with Crippen molar-refractivity contribution in [2.75, 3.05) is 11.5 Å². The van der Waals surface area contributed by atoms with Crippen LogP contribution in [0.15, 0.2) is 48.5 Å². The normalized spacial score (nSPS) is 13.0. The molecule has 1 aliphatic heterocycles. The van der Waals surface area contributed by atoms with Crippen LogP contribution in [0.4, 0.5) is 5.69 Å². The largest absolute Gasteiger partial charge is 0.479 e. The van der Waals surface area contributed by atoms with Crippen LogP contribution in [0.1, 0.15) is 20.7 Å². The van der Waals surface area contributed by atoms with E-state index in [-0.39, 0.29) is 18.4 Å². The molecule has 2 aromatic rings. The molecule has 2 aromatic carbocycles. The number of benzene rings is 2. The first-order valence-electron chi connectivity index (χ1n) is 6.37. The third-order valence-electron chi connectivity index (χ3n) is 3.21. The van der Waals surface area contributed by atoms with E-state index in [1.54, 1.807) is 48.5 Å². The fourth-order valence-corrected chi connectivity index (χ4v) is 2.29. The van der Waals surface area contributed by atoms with Crippen LogP contribution in [0, 0.1) is 12.3 Å². The first kappa shape index (κ1) is 12.9. The number of nitrogens with zero attached hydrogens (tertiary/aromatic N) is 1. The molecule has 0 bridgehead atoms. The molecule has 0 atom stereocenters. The third kappa shape index (κ3) is 2.05. The summed E-state index contributed by atoms with van der Waals surface area (Å²) in [6.07, 6.45) is 5.18. The van der Waals surface area contributed by atoms with Crippen LogP contribution in [0.25, 0.3) is 0 Å². The first-order chi connectivity index (χ1) is 10.2. The summed E-state index contributed by atoms with van der Waals surface area (Å²) in [4.78, 5) is 26.0. The number of ether oxygens (including phenoxy) is 1. The number of imide groups is 1. The zero-order chi connectivity index (χ0) is 14.8. The smallest absolute Gasteiger partial charge is 0.266 e. The van der Waals surface area contributed by atoms with Gasteiger partial charge in [0, 0.05) is 0 Å². The number of hydrogen-bond donors (Lipinski definition) is 0. The lowest BCUT2D eigenvalue weighted by atomic mass is 10.1. The Hall–Kier alpha value is -3.06. The van der Waals surface area contributed by atoms with Gasteiger partial charge in [-0.1, -0.05) is 30.2 Å². The van der Waals surface area contributed by atoms with E-state index in [4.69, 9.17) is 11.2 Å². The number of fused-ring (bicyclic) bond motifs is 1. The van der Waals surface area contributed by atoms with Gasteiger partial charge < -0.3 is 4.74 Å². The monoisotopic (exact) mass is 277 g/mol. The molecule has 0 aromatic heterocycles. The van der Waals surface area contributed by atoms with E-state index in [2.05, 4.69) is 5.92 Å². The number of hydrogen-bond acceptors (Lipinski definition) is 3. The predicted octanol–water partition coefficient (Wildman–Crippen LogP) is 2.50. The van der Waals surface area contributed by atoms with Gasteiger partial charge in [0.15, 0.2) is 0 Å². The molecule has 0 unspecified atom stereocenters. The van der Waals surface area contributed by atoms with Crippen LogP contribution >= 0.6 is 0 Å². The number of anilines is 1. The Kier molecular flexibility index (Phi) is 3.17. The Labute approximate surface area is 122 Å². The molecule has 0 fully saturated rings. The van der Waals surface area contributed by atoms with E-state index in [0.29, 0.717) is 22.6 Å². The highest BCUT2D eigenvalue weighted by atomic mass is 16.5. The van der Waals surface area contributed by atoms with Crippen molar-refractivity contribution in [2.45, 2.75) is 0 Å². The van der Waals surface area contributed by atoms with Crippen molar-refractivity contribution in [2.24, 2.45) is 0 Å². The Morgan fingerprint density at radius 1 is 0.952 bits per heavy atom. The molecule has 0 radical (unpaired) electrons. The highest BCUT2D eigenvalue weighted by Crippen LogP contribution is 2.34. The highest BCUT2D eigenvalue weighted by Gasteiger charge is 2.37. The minimum absolute atomic E-state index is 0.0696. The van der Waals surface area contributed by atoms with Gasteiger partial charge >= 0.3 is 0 Å². The molecule has 3 rings (SSSR count). The number of carbonyl (C=O) groups is 2. The van der Waals surface area contributed by atoms with E-state index < -0.39 is 0 Å². The first-order valence-corrected chi connectivity index (χ1v) is 6.37. The van der Waals surface area contributed by atoms with Gasteiger partial charge in [0.2, 0.25) is 0 Å². The lowest BCUT2D eigenvalue weighted by Gasteiger charge is -2.17. The molecular weight excluding hydrogens is 266 g/mol. The SMILES string of the molecule is C#CCOc1ccccc1N1C(=O)c2ccccc2C1=O. The number of amides is 2. The standard InChI is InChI=1S/C17H11NO3/c1-2-11-21-15-10-6-5-9-14(15)18-16(19)12-7-3-4-8-13(12)17(18)20/h1,3-10H,11H2. The van der Waals surface area contributed by atoms with Crippen LogP contribution in [-0.2, 0) is 0 Å². The van der Waals surface area contributed by atoms with Gasteiger partial charge in [0.1, 0.15) is 12.4 Å². The minimum atomic E-state index is -0.354. The minimum Gasteiger partial charge on any atom is -0.479 e. The molecular formula is C17H11NO3. The highest BCUT2D eigenvalue weighted by molar-refractivity contribution is 6.34. The molecule has 0 saturated carbocycles. The van der Waals surface area contributed by atoms with Gasteiger partial charge in [0.05, 0.1) is 16.8 Å². The molecule has 0 spiro atoms. The van der Waals surface area contributed by atoms with Gasteiger partial charge in [-0.3, -0.25) is 9.59 Å². The molecule has 0 saturated heterocycles. The van der Waals surface area contributed by atoms with E-state index in [0.717, 1.165) is 4.90 Å². The van der Waals surface area contributed by atoms with Crippen molar-refractivity contribution in [3.63, 3.8) is 0 Å².